The van der Waals surface area contributed by atoms with Gasteiger partial charge in [0.15, 0.2) is 0 Å². The van der Waals surface area contributed by atoms with Crippen molar-refractivity contribution in [3.63, 3.8) is 0 Å². The first-order valence-corrected chi connectivity index (χ1v) is 8.92. The van der Waals surface area contributed by atoms with Crippen molar-refractivity contribution >= 4 is 27.9 Å². The Morgan fingerprint density at radius 2 is 1.39 bits per heavy atom. The summed E-state index contributed by atoms with van der Waals surface area (Å²) in [5.41, 5.74) is 4.00. The highest BCUT2D eigenvalue weighted by Gasteiger charge is 2.12. The quantitative estimate of drug-likeness (QED) is 0.351. The molecule has 4 nitrogen and oxygen atoms in total. The van der Waals surface area contributed by atoms with Gasteiger partial charge in [0.05, 0.1) is 12.7 Å². The molecule has 0 atom stereocenters. The molecule has 0 saturated heterocycles. The van der Waals surface area contributed by atoms with Crippen molar-refractivity contribution in [2.24, 2.45) is 0 Å². The second-order valence-corrected chi connectivity index (χ2v) is 6.58. The summed E-state index contributed by atoms with van der Waals surface area (Å²) in [4.78, 5) is 11.7. The predicted octanol–water partition coefficient (Wildman–Crippen LogP) is 6.30. The highest BCUT2D eigenvalue weighted by molar-refractivity contribution is 5.95. The van der Waals surface area contributed by atoms with Gasteiger partial charge in [0.25, 0.3) is 0 Å². The van der Waals surface area contributed by atoms with Crippen LogP contribution >= 0.6 is 0 Å². The van der Waals surface area contributed by atoms with Crippen molar-refractivity contribution in [2.45, 2.75) is 0 Å². The number of furan rings is 2. The topological polar surface area (TPSA) is 52.6 Å². The number of rotatable bonds is 3. The zero-order chi connectivity index (χ0) is 19.1. The lowest BCUT2D eigenvalue weighted by molar-refractivity contribution is 0.0601. The zero-order valence-electron chi connectivity index (χ0n) is 15.1. The lowest BCUT2D eigenvalue weighted by Gasteiger charge is -2.00. The van der Waals surface area contributed by atoms with Crippen molar-refractivity contribution in [1.29, 1.82) is 0 Å². The van der Waals surface area contributed by atoms with Crippen LogP contribution in [0.3, 0.4) is 0 Å². The number of hydrogen-bond acceptors (Lipinski definition) is 4. The van der Waals surface area contributed by atoms with Gasteiger partial charge in [0.2, 0.25) is 0 Å². The molecule has 0 radical (unpaired) electrons. The molecule has 0 amide bonds. The summed E-state index contributed by atoms with van der Waals surface area (Å²) in [5.74, 6) is 1.18. The summed E-state index contributed by atoms with van der Waals surface area (Å²) >= 11 is 0. The Kier molecular flexibility index (Phi) is 3.76. The summed E-state index contributed by atoms with van der Waals surface area (Å²) in [6, 6.07) is 25.2. The van der Waals surface area contributed by atoms with Gasteiger partial charge in [-0.05, 0) is 42.5 Å². The van der Waals surface area contributed by atoms with E-state index in [-0.39, 0.29) is 5.97 Å². The number of carbonyl (C=O) groups is 1. The van der Waals surface area contributed by atoms with Crippen LogP contribution in [-0.2, 0) is 4.74 Å². The minimum atomic E-state index is -0.364. The van der Waals surface area contributed by atoms with E-state index in [2.05, 4.69) is 0 Å². The Morgan fingerprint density at radius 3 is 2.11 bits per heavy atom. The van der Waals surface area contributed by atoms with E-state index >= 15 is 0 Å². The molecule has 0 spiro atoms. The van der Waals surface area contributed by atoms with Crippen molar-refractivity contribution < 1.29 is 18.4 Å². The first kappa shape index (κ1) is 16.4. The summed E-state index contributed by atoms with van der Waals surface area (Å²) in [6.07, 6.45) is 0. The Hall–Kier alpha value is -3.79. The fraction of sp³-hybridized carbons (Fsp3) is 0.0417. The van der Waals surface area contributed by atoms with Crippen LogP contribution in [0.2, 0.25) is 0 Å². The third-order valence-electron chi connectivity index (χ3n) is 4.79. The van der Waals surface area contributed by atoms with E-state index in [9.17, 15) is 4.79 Å². The Bertz CT molecular complexity index is 1290. The molecule has 0 aliphatic carbocycles. The molecule has 0 saturated carbocycles. The van der Waals surface area contributed by atoms with Gasteiger partial charge >= 0.3 is 5.97 Å². The van der Waals surface area contributed by atoms with E-state index in [0.29, 0.717) is 5.56 Å². The Labute approximate surface area is 161 Å². The zero-order valence-corrected chi connectivity index (χ0v) is 15.1. The smallest absolute Gasteiger partial charge is 0.337 e. The molecular weight excluding hydrogens is 352 g/mol. The highest BCUT2D eigenvalue weighted by atomic mass is 16.5. The average molecular weight is 368 g/mol. The van der Waals surface area contributed by atoms with Crippen LogP contribution in [0.5, 0.6) is 0 Å². The molecule has 5 rings (SSSR count). The fourth-order valence-electron chi connectivity index (χ4n) is 3.38. The summed E-state index contributed by atoms with van der Waals surface area (Å²) in [7, 11) is 1.37. The van der Waals surface area contributed by atoms with Crippen molar-refractivity contribution in [3.05, 3.63) is 84.4 Å². The van der Waals surface area contributed by atoms with Crippen molar-refractivity contribution in [2.75, 3.05) is 7.11 Å². The number of ether oxygens (including phenoxy) is 1. The molecule has 5 aromatic rings. The van der Waals surface area contributed by atoms with Crippen LogP contribution in [0.1, 0.15) is 10.4 Å². The van der Waals surface area contributed by atoms with Gasteiger partial charge in [-0.25, -0.2) is 4.79 Å². The predicted molar refractivity (Wildman–Crippen MR) is 108 cm³/mol. The van der Waals surface area contributed by atoms with Crippen LogP contribution in [0.25, 0.3) is 44.6 Å². The van der Waals surface area contributed by atoms with Crippen LogP contribution in [-0.4, -0.2) is 13.1 Å². The number of hydrogen-bond donors (Lipinski definition) is 0. The lowest BCUT2D eigenvalue weighted by Crippen LogP contribution is -1.99. The molecular formula is C24H16O4. The number of methoxy groups -OCH3 is 1. The minimum Gasteiger partial charge on any atom is -0.465 e. The van der Waals surface area contributed by atoms with E-state index < -0.39 is 0 Å². The summed E-state index contributed by atoms with van der Waals surface area (Å²) in [5, 5.41) is 1.93. The van der Waals surface area contributed by atoms with Gasteiger partial charge in [-0.3, -0.25) is 0 Å². The Balaban J connectivity index is 1.56. The van der Waals surface area contributed by atoms with E-state index in [0.717, 1.165) is 44.6 Å². The first-order chi connectivity index (χ1) is 13.7. The summed E-state index contributed by atoms with van der Waals surface area (Å²) in [6.45, 7) is 0. The van der Waals surface area contributed by atoms with Crippen molar-refractivity contribution in [1.82, 2.24) is 0 Å². The van der Waals surface area contributed by atoms with Gasteiger partial charge in [0, 0.05) is 21.9 Å². The number of fused-ring (bicyclic) bond motifs is 2. The molecule has 4 heteroatoms. The van der Waals surface area contributed by atoms with Crippen LogP contribution in [0.4, 0.5) is 0 Å². The third kappa shape index (κ3) is 2.76. The number of esters is 1. The lowest BCUT2D eigenvalue weighted by atomic mass is 10.1. The number of carbonyl (C=O) groups excluding carboxylic acids is 1. The molecule has 0 aliphatic heterocycles. The molecule has 28 heavy (non-hydrogen) atoms. The van der Waals surface area contributed by atoms with Gasteiger partial charge in [0.1, 0.15) is 22.7 Å². The molecule has 2 heterocycles. The van der Waals surface area contributed by atoms with Crippen LogP contribution < -0.4 is 0 Å². The number of benzene rings is 3. The maximum Gasteiger partial charge on any atom is 0.337 e. The fourth-order valence-corrected chi connectivity index (χ4v) is 3.38. The monoisotopic (exact) mass is 368 g/mol. The average Bonchev–Trinajstić information content (AvgIpc) is 3.36. The molecule has 3 aromatic carbocycles. The number of para-hydroxylation sites is 1. The van der Waals surface area contributed by atoms with E-state index in [4.69, 9.17) is 13.6 Å². The second-order valence-electron chi connectivity index (χ2n) is 6.58. The molecule has 0 bridgehead atoms. The highest BCUT2D eigenvalue weighted by Crippen LogP contribution is 2.33. The van der Waals surface area contributed by atoms with E-state index in [1.807, 2.05) is 60.7 Å². The largest absolute Gasteiger partial charge is 0.465 e. The van der Waals surface area contributed by atoms with E-state index in [1.54, 1.807) is 18.2 Å². The maximum atomic E-state index is 11.7. The molecule has 0 aliphatic rings. The van der Waals surface area contributed by atoms with Crippen LogP contribution in [0.15, 0.2) is 87.7 Å². The minimum absolute atomic E-state index is 0.364. The van der Waals surface area contributed by atoms with E-state index in [1.165, 1.54) is 7.11 Å². The molecule has 0 fully saturated rings. The van der Waals surface area contributed by atoms with Gasteiger partial charge in [-0.15, -0.1) is 0 Å². The van der Waals surface area contributed by atoms with Gasteiger partial charge in [-0.1, -0.05) is 36.4 Å². The third-order valence-corrected chi connectivity index (χ3v) is 4.79. The molecule has 0 N–H and O–H groups in total. The molecule has 2 aromatic heterocycles. The molecule has 136 valence electrons. The standard InChI is InChI=1S/C24H16O4/c1-26-24(25)18-9-10-21-19(12-18)14-23(28-21)16-7-4-6-15(11-16)22-13-17-5-2-3-8-20(17)27-22/h2-14H,1H3. The first-order valence-electron chi connectivity index (χ1n) is 8.92. The Morgan fingerprint density at radius 1 is 0.714 bits per heavy atom. The van der Waals surface area contributed by atoms with Gasteiger partial charge in [-0.2, -0.15) is 0 Å². The van der Waals surface area contributed by atoms with Crippen molar-refractivity contribution in [3.8, 4) is 22.6 Å². The second kappa shape index (κ2) is 6.43. The van der Waals surface area contributed by atoms with Gasteiger partial charge < -0.3 is 13.6 Å². The summed E-state index contributed by atoms with van der Waals surface area (Å²) < 4.78 is 16.8. The van der Waals surface area contributed by atoms with Crippen LogP contribution in [0, 0.1) is 0 Å². The SMILES string of the molecule is COC(=O)c1ccc2oc(-c3cccc(-c4cc5ccccc5o4)c3)cc2c1. The maximum absolute atomic E-state index is 11.7. The molecule has 0 unspecified atom stereocenters. The normalized spacial score (nSPS) is 11.2.